The first-order chi connectivity index (χ1) is 15.4. The predicted octanol–water partition coefficient (Wildman–Crippen LogP) is 0.968. The van der Waals surface area contributed by atoms with Gasteiger partial charge in [-0.3, -0.25) is 4.79 Å². The molecule has 0 radical (unpaired) electrons. The van der Waals surface area contributed by atoms with Gasteiger partial charge in [-0.25, -0.2) is 14.4 Å². The second-order valence-corrected chi connectivity index (χ2v) is 9.04. The lowest BCUT2D eigenvalue weighted by molar-refractivity contribution is -0.183. The fourth-order valence-electron chi connectivity index (χ4n) is 4.18. The Morgan fingerprint density at radius 3 is 2.61 bits per heavy atom. The molecule has 33 heavy (non-hydrogen) atoms. The monoisotopic (exact) mass is 486 g/mol. The summed E-state index contributed by atoms with van der Waals surface area (Å²) in [5.74, 6) is -5.03. The lowest BCUT2D eigenvalue weighted by Crippen LogP contribution is -2.51. The number of esters is 4. The minimum Gasteiger partial charge on any atom is -0.466 e. The van der Waals surface area contributed by atoms with Crippen molar-refractivity contribution in [1.29, 1.82) is 0 Å². The summed E-state index contributed by atoms with van der Waals surface area (Å²) in [5, 5.41) is 10.3. The molecule has 2 saturated heterocycles. The van der Waals surface area contributed by atoms with E-state index in [2.05, 4.69) is 6.58 Å². The van der Waals surface area contributed by atoms with E-state index in [1.807, 2.05) is 6.92 Å². The summed E-state index contributed by atoms with van der Waals surface area (Å²) in [7, 11) is 1.15. The van der Waals surface area contributed by atoms with Crippen LogP contribution in [0.1, 0.15) is 33.6 Å². The van der Waals surface area contributed by atoms with Gasteiger partial charge in [-0.1, -0.05) is 12.7 Å². The van der Waals surface area contributed by atoms with Crippen molar-refractivity contribution in [2.75, 3.05) is 13.0 Å². The largest absolute Gasteiger partial charge is 0.466 e. The third-order valence-corrected chi connectivity index (χ3v) is 6.64. The Balaban J connectivity index is 2.17. The number of halogens is 1. The molecule has 10 nitrogen and oxygen atoms in total. The molecule has 11 heteroatoms. The van der Waals surface area contributed by atoms with Gasteiger partial charge in [0.25, 0.3) is 0 Å². The average molecular weight is 487 g/mol. The second-order valence-electron chi connectivity index (χ2n) is 8.77. The fraction of sp³-hybridized carbons (Fsp3) is 0.636. The summed E-state index contributed by atoms with van der Waals surface area (Å²) >= 11 is 5.71. The Morgan fingerprint density at radius 2 is 2.03 bits per heavy atom. The van der Waals surface area contributed by atoms with E-state index in [-0.39, 0.29) is 11.1 Å². The van der Waals surface area contributed by atoms with Crippen LogP contribution in [0.3, 0.4) is 0 Å². The van der Waals surface area contributed by atoms with Crippen molar-refractivity contribution in [2.45, 2.75) is 69.2 Å². The number of hydrogen-bond acceptors (Lipinski definition) is 10. The SMILES string of the molecule is C=C1C(=O)O[C@H]2[C@H]1C(OC(=O)C(C)(O)CCl)[C@@H](OC(C)=O)/C(C(=O)OC)=C\CC[C@@]1(C)O[C@H]21. The Hall–Kier alpha value is -2.43. The minimum atomic E-state index is -2.10. The molecule has 0 aromatic heterocycles. The highest BCUT2D eigenvalue weighted by Crippen LogP contribution is 2.50. The van der Waals surface area contributed by atoms with Crippen LogP contribution in [0.5, 0.6) is 0 Å². The zero-order valence-electron chi connectivity index (χ0n) is 18.8. The van der Waals surface area contributed by atoms with Gasteiger partial charge in [-0.05, 0) is 26.7 Å². The maximum Gasteiger partial charge on any atom is 0.339 e. The smallest absolute Gasteiger partial charge is 0.339 e. The van der Waals surface area contributed by atoms with E-state index >= 15 is 0 Å². The summed E-state index contributed by atoms with van der Waals surface area (Å²) in [4.78, 5) is 50.0. The molecular weight excluding hydrogens is 460 g/mol. The maximum absolute atomic E-state index is 12.8. The van der Waals surface area contributed by atoms with Crippen molar-refractivity contribution < 1.29 is 48.0 Å². The summed E-state index contributed by atoms with van der Waals surface area (Å²) in [6.07, 6.45) is -2.09. The van der Waals surface area contributed by atoms with E-state index in [1.54, 1.807) is 0 Å². The van der Waals surface area contributed by atoms with Crippen molar-refractivity contribution in [3.05, 3.63) is 23.8 Å². The molecule has 2 heterocycles. The first kappa shape index (κ1) is 25.2. The van der Waals surface area contributed by atoms with Crippen molar-refractivity contribution in [2.24, 2.45) is 5.92 Å². The van der Waals surface area contributed by atoms with Gasteiger partial charge in [0.2, 0.25) is 0 Å². The van der Waals surface area contributed by atoms with Crippen molar-refractivity contribution in [3.8, 4) is 0 Å². The van der Waals surface area contributed by atoms with E-state index < -0.39 is 71.3 Å². The molecule has 0 aromatic rings. The summed E-state index contributed by atoms with van der Waals surface area (Å²) in [6.45, 7) is 7.87. The Morgan fingerprint density at radius 1 is 1.36 bits per heavy atom. The van der Waals surface area contributed by atoms with Gasteiger partial charge in [0.15, 0.2) is 17.8 Å². The van der Waals surface area contributed by atoms with Crippen LogP contribution in [0, 0.1) is 5.92 Å². The number of carbonyl (C=O) groups is 4. The molecule has 3 aliphatic rings. The molecule has 2 fully saturated rings. The van der Waals surface area contributed by atoms with Gasteiger partial charge in [0.05, 0.1) is 30.1 Å². The average Bonchev–Trinajstić information content (AvgIpc) is 3.34. The maximum atomic E-state index is 12.8. The summed E-state index contributed by atoms with van der Waals surface area (Å²) < 4.78 is 27.3. The van der Waals surface area contributed by atoms with Gasteiger partial charge in [0, 0.05) is 12.5 Å². The molecule has 0 saturated carbocycles. The van der Waals surface area contributed by atoms with Crippen LogP contribution in [-0.4, -0.2) is 77.6 Å². The van der Waals surface area contributed by atoms with Gasteiger partial charge >= 0.3 is 23.9 Å². The molecular formula is C22H27ClO10. The molecule has 7 atom stereocenters. The van der Waals surface area contributed by atoms with Crippen molar-refractivity contribution in [1.82, 2.24) is 0 Å². The highest BCUT2D eigenvalue weighted by molar-refractivity contribution is 6.20. The Kier molecular flexibility index (Phi) is 6.93. The lowest BCUT2D eigenvalue weighted by atomic mass is 9.80. The van der Waals surface area contributed by atoms with Gasteiger partial charge < -0.3 is 28.8 Å². The Labute approximate surface area is 195 Å². The fourth-order valence-corrected chi connectivity index (χ4v) is 4.29. The minimum absolute atomic E-state index is 0.0527. The number of aliphatic hydroxyl groups is 1. The topological polar surface area (TPSA) is 138 Å². The van der Waals surface area contributed by atoms with Crippen LogP contribution in [0.15, 0.2) is 23.8 Å². The normalized spacial score (nSPS) is 36.7. The quantitative estimate of drug-likeness (QED) is 0.196. The van der Waals surface area contributed by atoms with Crippen LogP contribution < -0.4 is 0 Å². The number of methoxy groups -OCH3 is 1. The zero-order chi connectivity index (χ0) is 24.7. The first-order valence-corrected chi connectivity index (χ1v) is 10.9. The standard InChI is InChI=1S/C22H27ClO10/c1-10-13-15(32-20(27)21(3,28)9-23)14(30-11(2)24)12(19(26)29-5)7-6-8-22(4)17(33-22)16(13)31-18(10)25/h7,13-17,28H,1,6,8-9H2,2-5H3/b12-7+/t13-,14+,15?,16+,17-,21?,22-/m1/s1. The third-order valence-electron chi connectivity index (χ3n) is 6.12. The molecule has 0 aromatic carbocycles. The van der Waals surface area contributed by atoms with Gasteiger partial charge in [0.1, 0.15) is 12.2 Å². The number of carbonyl (C=O) groups excluding carboxylic acids is 4. The number of hydrogen-bond donors (Lipinski definition) is 1. The number of ether oxygens (including phenoxy) is 5. The first-order valence-electron chi connectivity index (χ1n) is 10.4. The van der Waals surface area contributed by atoms with E-state index in [0.29, 0.717) is 12.8 Å². The highest BCUT2D eigenvalue weighted by Gasteiger charge is 2.65. The van der Waals surface area contributed by atoms with Crippen molar-refractivity contribution >= 4 is 35.5 Å². The number of alkyl halides is 1. The predicted molar refractivity (Wildman–Crippen MR) is 112 cm³/mol. The lowest BCUT2D eigenvalue weighted by Gasteiger charge is -2.35. The molecule has 1 N–H and O–H groups in total. The number of epoxide rings is 1. The molecule has 0 spiro atoms. The molecule has 1 aliphatic carbocycles. The van der Waals surface area contributed by atoms with E-state index in [9.17, 15) is 24.3 Å². The number of allylic oxidation sites excluding steroid dienone is 1. The Bertz CT molecular complexity index is 909. The third kappa shape index (κ3) is 4.78. The van der Waals surface area contributed by atoms with Crippen LogP contribution >= 0.6 is 11.6 Å². The summed E-state index contributed by atoms with van der Waals surface area (Å²) in [5.41, 5.74) is -2.90. The van der Waals surface area contributed by atoms with Gasteiger partial charge in [-0.15, -0.1) is 11.6 Å². The van der Waals surface area contributed by atoms with E-state index in [0.717, 1.165) is 21.0 Å². The van der Waals surface area contributed by atoms with Crippen LogP contribution in [0.2, 0.25) is 0 Å². The molecule has 0 bridgehead atoms. The van der Waals surface area contributed by atoms with Crippen molar-refractivity contribution in [3.63, 3.8) is 0 Å². The number of fused-ring (bicyclic) bond motifs is 3. The second kappa shape index (κ2) is 9.08. The molecule has 2 unspecified atom stereocenters. The highest BCUT2D eigenvalue weighted by atomic mass is 35.5. The molecule has 182 valence electrons. The zero-order valence-corrected chi connectivity index (χ0v) is 19.5. The van der Waals surface area contributed by atoms with E-state index in [4.69, 9.17) is 35.3 Å². The van der Waals surface area contributed by atoms with Crippen LogP contribution in [0.4, 0.5) is 0 Å². The van der Waals surface area contributed by atoms with Gasteiger partial charge in [-0.2, -0.15) is 0 Å². The molecule has 3 rings (SSSR count). The molecule has 0 amide bonds. The van der Waals surface area contributed by atoms with Crippen LogP contribution in [0.25, 0.3) is 0 Å². The summed E-state index contributed by atoms with van der Waals surface area (Å²) in [6, 6.07) is 0. The van der Waals surface area contributed by atoms with Crippen LogP contribution in [-0.2, 0) is 42.9 Å². The van der Waals surface area contributed by atoms with E-state index in [1.165, 1.54) is 6.08 Å². The number of rotatable bonds is 5. The molecule has 2 aliphatic heterocycles.